The Balaban J connectivity index is 2.24. The normalized spacial score (nSPS) is 17.5. The van der Waals surface area contributed by atoms with Crippen LogP contribution in [0.15, 0.2) is 12.1 Å². The number of halogens is 2. The van der Waals surface area contributed by atoms with Crippen LogP contribution in [-0.2, 0) is 16.8 Å². The highest BCUT2D eigenvalue weighted by Gasteiger charge is 2.36. The second-order valence-electron chi connectivity index (χ2n) is 5.94. The van der Waals surface area contributed by atoms with E-state index in [0.717, 1.165) is 37.0 Å². The molecule has 1 aromatic carbocycles. The largest absolute Gasteiger partial charge is 0.480 e. The molecule has 4 nitrogen and oxygen atoms in total. The molecule has 1 aliphatic carbocycles. The van der Waals surface area contributed by atoms with E-state index in [1.807, 2.05) is 0 Å². The molecule has 0 radical (unpaired) electrons. The monoisotopic (exact) mass is 326 g/mol. The Morgan fingerprint density at radius 2 is 1.95 bits per heavy atom. The van der Waals surface area contributed by atoms with Crippen molar-refractivity contribution in [1.82, 2.24) is 9.55 Å². The van der Waals surface area contributed by atoms with E-state index in [4.69, 9.17) is 23.2 Å². The Labute approximate surface area is 132 Å². The van der Waals surface area contributed by atoms with Gasteiger partial charge < -0.3 is 9.67 Å². The van der Waals surface area contributed by atoms with E-state index in [2.05, 4.69) is 11.9 Å². The van der Waals surface area contributed by atoms with E-state index < -0.39 is 5.97 Å². The maximum absolute atomic E-state index is 11.2. The first-order valence-corrected chi connectivity index (χ1v) is 7.74. The summed E-state index contributed by atoms with van der Waals surface area (Å²) in [6.45, 7) is 2.04. The molecule has 112 valence electrons. The minimum absolute atomic E-state index is 0.0760. The maximum Gasteiger partial charge on any atom is 0.323 e. The van der Waals surface area contributed by atoms with Crippen molar-refractivity contribution in [2.75, 3.05) is 0 Å². The fourth-order valence-corrected chi connectivity index (χ4v) is 3.57. The Morgan fingerprint density at radius 3 is 2.57 bits per heavy atom. The highest BCUT2D eigenvalue weighted by Crippen LogP contribution is 2.41. The lowest BCUT2D eigenvalue weighted by molar-refractivity contribution is -0.137. The topological polar surface area (TPSA) is 55.1 Å². The van der Waals surface area contributed by atoms with Crippen molar-refractivity contribution < 1.29 is 9.90 Å². The molecule has 0 saturated heterocycles. The number of aromatic nitrogens is 2. The van der Waals surface area contributed by atoms with Gasteiger partial charge in [-0.2, -0.15) is 0 Å². The minimum Gasteiger partial charge on any atom is -0.480 e. The van der Waals surface area contributed by atoms with Crippen molar-refractivity contribution in [2.24, 2.45) is 0 Å². The van der Waals surface area contributed by atoms with E-state index in [-0.39, 0.29) is 12.0 Å². The van der Waals surface area contributed by atoms with Gasteiger partial charge in [0, 0.05) is 5.41 Å². The molecule has 2 aromatic rings. The van der Waals surface area contributed by atoms with Gasteiger partial charge in [0.25, 0.3) is 0 Å². The number of carboxylic acids is 1. The van der Waals surface area contributed by atoms with E-state index in [1.54, 1.807) is 16.7 Å². The number of hydrogen-bond donors (Lipinski definition) is 1. The zero-order valence-electron chi connectivity index (χ0n) is 11.7. The molecule has 21 heavy (non-hydrogen) atoms. The molecular formula is C15H16Cl2N2O2. The van der Waals surface area contributed by atoms with Crippen LogP contribution in [0.1, 0.15) is 38.4 Å². The minimum atomic E-state index is -0.886. The predicted octanol–water partition coefficient (Wildman–Crippen LogP) is 4.26. The summed E-state index contributed by atoms with van der Waals surface area (Å²) in [7, 11) is 0. The molecule has 6 heteroatoms. The van der Waals surface area contributed by atoms with Crippen molar-refractivity contribution in [3.8, 4) is 0 Å². The molecule has 1 aromatic heterocycles. The van der Waals surface area contributed by atoms with Crippen LogP contribution in [0.4, 0.5) is 0 Å². The second-order valence-corrected chi connectivity index (χ2v) is 6.75. The molecule has 0 atom stereocenters. The third-order valence-electron chi connectivity index (χ3n) is 4.33. The molecular weight excluding hydrogens is 311 g/mol. The summed E-state index contributed by atoms with van der Waals surface area (Å²) in [6, 6.07) is 3.41. The van der Waals surface area contributed by atoms with Gasteiger partial charge in [-0.1, -0.05) is 43.0 Å². The standard InChI is InChI=1S/C15H16Cl2N2O2/c1-15(4-2-3-5-15)14-18-11-6-9(16)10(17)7-12(11)19(14)8-13(20)21/h6-7H,2-5,8H2,1H3,(H,20,21). The van der Waals surface area contributed by atoms with Gasteiger partial charge in [-0.3, -0.25) is 4.79 Å². The molecule has 0 amide bonds. The van der Waals surface area contributed by atoms with Crippen LogP contribution in [0.3, 0.4) is 0 Å². The lowest BCUT2D eigenvalue weighted by Crippen LogP contribution is -2.25. The third kappa shape index (κ3) is 2.51. The fraction of sp³-hybridized carbons (Fsp3) is 0.467. The van der Waals surface area contributed by atoms with Crippen molar-refractivity contribution in [1.29, 1.82) is 0 Å². The van der Waals surface area contributed by atoms with Crippen molar-refractivity contribution in [3.05, 3.63) is 28.0 Å². The van der Waals surface area contributed by atoms with Gasteiger partial charge in [0.05, 0.1) is 21.1 Å². The van der Waals surface area contributed by atoms with Gasteiger partial charge >= 0.3 is 5.97 Å². The van der Waals surface area contributed by atoms with Crippen LogP contribution in [-0.4, -0.2) is 20.6 Å². The summed E-state index contributed by atoms with van der Waals surface area (Å²) in [6.07, 6.45) is 4.34. The van der Waals surface area contributed by atoms with Crippen molar-refractivity contribution >= 4 is 40.2 Å². The number of aliphatic carboxylic acids is 1. The summed E-state index contributed by atoms with van der Waals surface area (Å²) in [5.74, 6) is -0.0565. The fourth-order valence-electron chi connectivity index (χ4n) is 3.26. The lowest BCUT2D eigenvalue weighted by Gasteiger charge is -2.23. The van der Waals surface area contributed by atoms with E-state index in [9.17, 15) is 9.90 Å². The second kappa shape index (κ2) is 5.18. The number of imidazole rings is 1. The van der Waals surface area contributed by atoms with Crippen LogP contribution in [0.5, 0.6) is 0 Å². The first kappa shape index (κ1) is 14.7. The highest BCUT2D eigenvalue weighted by atomic mass is 35.5. The van der Waals surface area contributed by atoms with Gasteiger partial charge in [-0.25, -0.2) is 4.98 Å². The highest BCUT2D eigenvalue weighted by molar-refractivity contribution is 6.42. The molecule has 1 heterocycles. The van der Waals surface area contributed by atoms with Crippen molar-refractivity contribution in [3.63, 3.8) is 0 Å². The van der Waals surface area contributed by atoms with Gasteiger partial charge in [-0.05, 0) is 25.0 Å². The molecule has 0 aliphatic heterocycles. The zero-order chi connectivity index (χ0) is 15.2. The lowest BCUT2D eigenvalue weighted by atomic mass is 9.88. The van der Waals surface area contributed by atoms with Crippen LogP contribution in [0.2, 0.25) is 10.0 Å². The van der Waals surface area contributed by atoms with Crippen LogP contribution in [0.25, 0.3) is 11.0 Å². The van der Waals surface area contributed by atoms with E-state index in [0.29, 0.717) is 15.6 Å². The summed E-state index contributed by atoms with van der Waals surface area (Å²) in [5.41, 5.74) is 1.36. The molecule has 1 fully saturated rings. The SMILES string of the molecule is CC1(c2nc3cc(Cl)c(Cl)cc3n2CC(=O)O)CCCC1. The zero-order valence-corrected chi connectivity index (χ0v) is 13.2. The van der Waals surface area contributed by atoms with Crippen LogP contribution >= 0.6 is 23.2 Å². The van der Waals surface area contributed by atoms with Crippen LogP contribution in [0, 0.1) is 0 Å². The first-order chi connectivity index (χ1) is 9.90. The van der Waals surface area contributed by atoms with Gasteiger partial charge in [0.1, 0.15) is 12.4 Å². The molecule has 0 bridgehead atoms. The number of carboxylic acid groups (broad SMARTS) is 1. The van der Waals surface area contributed by atoms with E-state index >= 15 is 0 Å². The molecule has 1 N–H and O–H groups in total. The Kier molecular flexibility index (Phi) is 3.62. The van der Waals surface area contributed by atoms with E-state index in [1.165, 1.54) is 0 Å². The van der Waals surface area contributed by atoms with Crippen molar-refractivity contribution in [2.45, 2.75) is 44.6 Å². The summed E-state index contributed by atoms with van der Waals surface area (Å²) in [5, 5.41) is 10.1. The molecule has 1 saturated carbocycles. The summed E-state index contributed by atoms with van der Waals surface area (Å²) >= 11 is 12.1. The summed E-state index contributed by atoms with van der Waals surface area (Å²) < 4.78 is 1.77. The first-order valence-electron chi connectivity index (χ1n) is 6.98. The smallest absolute Gasteiger partial charge is 0.323 e. The predicted molar refractivity (Wildman–Crippen MR) is 83.2 cm³/mol. The van der Waals surface area contributed by atoms with Gasteiger partial charge in [0.15, 0.2) is 0 Å². The van der Waals surface area contributed by atoms with Crippen LogP contribution < -0.4 is 0 Å². The Morgan fingerprint density at radius 1 is 1.33 bits per heavy atom. The molecule has 1 aliphatic rings. The number of nitrogens with zero attached hydrogens (tertiary/aromatic N) is 2. The average molecular weight is 327 g/mol. The maximum atomic E-state index is 11.2. The van der Waals surface area contributed by atoms with Gasteiger partial charge in [-0.15, -0.1) is 0 Å². The number of hydrogen-bond acceptors (Lipinski definition) is 2. The third-order valence-corrected chi connectivity index (χ3v) is 5.05. The Hall–Kier alpha value is -1.26. The number of rotatable bonds is 3. The Bertz CT molecular complexity index is 718. The molecule has 0 unspecified atom stereocenters. The molecule has 3 rings (SSSR count). The summed E-state index contributed by atoms with van der Waals surface area (Å²) in [4.78, 5) is 15.9. The quantitative estimate of drug-likeness (QED) is 0.916. The average Bonchev–Trinajstić information content (AvgIpc) is 2.97. The number of fused-ring (bicyclic) bond motifs is 1. The molecule has 0 spiro atoms. The number of carbonyl (C=O) groups is 1. The van der Waals surface area contributed by atoms with Gasteiger partial charge in [0.2, 0.25) is 0 Å². The number of benzene rings is 1.